The van der Waals surface area contributed by atoms with Gasteiger partial charge in [-0.3, -0.25) is 14.5 Å². The van der Waals surface area contributed by atoms with Crippen molar-refractivity contribution >= 4 is 38.0 Å². The van der Waals surface area contributed by atoms with E-state index < -0.39 is 21.7 Å². The molecule has 156 valence electrons. The van der Waals surface area contributed by atoms with E-state index in [4.69, 9.17) is 5.73 Å². The van der Waals surface area contributed by atoms with Crippen molar-refractivity contribution in [2.45, 2.75) is 38.1 Å². The van der Waals surface area contributed by atoms with Gasteiger partial charge in [-0.05, 0) is 37.1 Å². The number of sulfone groups is 1. The number of fused-ring (bicyclic) bond motifs is 1. The first-order chi connectivity index (χ1) is 13.8. The van der Waals surface area contributed by atoms with Crippen LogP contribution in [0.15, 0.2) is 29.2 Å². The lowest BCUT2D eigenvalue weighted by atomic mass is 10.0. The average Bonchev–Trinajstić information content (AvgIpc) is 3.05. The number of carbonyl (C=O) groups is 2. The Morgan fingerprint density at radius 3 is 2.62 bits per heavy atom. The Morgan fingerprint density at radius 2 is 1.97 bits per heavy atom. The number of nitrogens with zero attached hydrogens (tertiary/aromatic N) is 1. The Morgan fingerprint density at radius 1 is 1.24 bits per heavy atom. The van der Waals surface area contributed by atoms with E-state index in [9.17, 15) is 18.0 Å². The fraction of sp³-hybridized carbons (Fsp3) is 0.400. The van der Waals surface area contributed by atoms with Crippen LogP contribution in [-0.2, 0) is 22.8 Å². The maximum Gasteiger partial charge on any atom is 0.257 e. The van der Waals surface area contributed by atoms with Gasteiger partial charge >= 0.3 is 0 Å². The van der Waals surface area contributed by atoms with Gasteiger partial charge in [0.15, 0.2) is 9.84 Å². The summed E-state index contributed by atoms with van der Waals surface area (Å²) >= 11 is 1.34. The van der Waals surface area contributed by atoms with Crippen LogP contribution in [0.4, 0.5) is 5.00 Å². The Balaban J connectivity index is 1.96. The van der Waals surface area contributed by atoms with Crippen molar-refractivity contribution in [2.75, 3.05) is 24.2 Å². The summed E-state index contributed by atoms with van der Waals surface area (Å²) < 4.78 is 24.7. The number of anilines is 1. The van der Waals surface area contributed by atoms with E-state index in [1.807, 2.05) is 0 Å². The molecule has 2 aromatic rings. The Bertz CT molecular complexity index is 1040. The van der Waals surface area contributed by atoms with Crippen LogP contribution in [0.1, 0.15) is 51.4 Å². The standard InChI is InChI=1S/C20H25N3O4S2/c1-3-10-23-11-9-13-15(12-23)28-20(17(13)18(21)24)22-19(25)14-7-5-6-8-16(14)29(26,27)4-2/h5-8H,3-4,9-12H2,1-2H3,(H2,21,24)(H,22,25). The molecule has 2 heterocycles. The zero-order valence-electron chi connectivity index (χ0n) is 16.5. The highest BCUT2D eigenvalue weighted by Crippen LogP contribution is 2.37. The van der Waals surface area contributed by atoms with E-state index in [0.29, 0.717) is 23.5 Å². The largest absolute Gasteiger partial charge is 0.365 e. The van der Waals surface area contributed by atoms with Gasteiger partial charge in [-0.15, -0.1) is 11.3 Å². The van der Waals surface area contributed by atoms with Crippen molar-refractivity contribution in [1.82, 2.24) is 4.90 Å². The Labute approximate surface area is 174 Å². The van der Waals surface area contributed by atoms with Crippen LogP contribution in [0.2, 0.25) is 0 Å². The maximum absolute atomic E-state index is 12.9. The van der Waals surface area contributed by atoms with Crippen molar-refractivity contribution in [3.8, 4) is 0 Å². The van der Waals surface area contributed by atoms with Crippen LogP contribution in [-0.4, -0.2) is 44.0 Å². The molecule has 0 unspecified atom stereocenters. The number of rotatable bonds is 7. The molecule has 9 heteroatoms. The summed E-state index contributed by atoms with van der Waals surface area (Å²) in [4.78, 5) is 28.3. The first-order valence-electron chi connectivity index (χ1n) is 9.58. The average molecular weight is 436 g/mol. The summed E-state index contributed by atoms with van der Waals surface area (Å²) in [6, 6.07) is 6.09. The molecular formula is C20H25N3O4S2. The second kappa shape index (κ2) is 8.64. The zero-order valence-corrected chi connectivity index (χ0v) is 18.2. The Hall–Kier alpha value is -2.23. The second-order valence-electron chi connectivity index (χ2n) is 6.95. The number of carbonyl (C=O) groups excluding carboxylic acids is 2. The van der Waals surface area contributed by atoms with E-state index in [-0.39, 0.29) is 16.2 Å². The van der Waals surface area contributed by atoms with Crippen molar-refractivity contribution in [3.63, 3.8) is 0 Å². The number of nitrogens with two attached hydrogens (primary N) is 1. The first kappa shape index (κ1) is 21.5. The van der Waals surface area contributed by atoms with E-state index in [1.165, 1.54) is 30.4 Å². The van der Waals surface area contributed by atoms with Gasteiger partial charge < -0.3 is 11.1 Å². The van der Waals surface area contributed by atoms with Gasteiger partial charge in [0.2, 0.25) is 0 Å². The molecule has 1 aliphatic rings. The van der Waals surface area contributed by atoms with Crippen LogP contribution in [0, 0.1) is 0 Å². The topological polar surface area (TPSA) is 110 Å². The van der Waals surface area contributed by atoms with Gasteiger partial charge in [0.25, 0.3) is 11.8 Å². The molecule has 29 heavy (non-hydrogen) atoms. The van der Waals surface area contributed by atoms with Crippen molar-refractivity contribution < 1.29 is 18.0 Å². The molecule has 0 fully saturated rings. The lowest BCUT2D eigenvalue weighted by Crippen LogP contribution is -2.31. The van der Waals surface area contributed by atoms with Crippen LogP contribution in [0.25, 0.3) is 0 Å². The third-order valence-corrected chi connectivity index (χ3v) is 7.91. The number of thiophene rings is 1. The van der Waals surface area contributed by atoms with Gasteiger partial charge in [-0.1, -0.05) is 26.0 Å². The van der Waals surface area contributed by atoms with Gasteiger partial charge in [0.1, 0.15) is 5.00 Å². The highest BCUT2D eigenvalue weighted by Gasteiger charge is 2.28. The fourth-order valence-electron chi connectivity index (χ4n) is 3.56. The molecule has 0 saturated heterocycles. The van der Waals surface area contributed by atoms with Crippen LogP contribution >= 0.6 is 11.3 Å². The predicted molar refractivity (Wildman–Crippen MR) is 114 cm³/mol. The smallest absolute Gasteiger partial charge is 0.257 e. The number of hydrogen-bond donors (Lipinski definition) is 2. The molecule has 0 atom stereocenters. The van der Waals surface area contributed by atoms with Crippen LogP contribution < -0.4 is 11.1 Å². The molecule has 1 aliphatic heterocycles. The third kappa shape index (κ3) is 4.36. The van der Waals surface area contributed by atoms with E-state index in [1.54, 1.807) is 12.1 Å². The van der Waals surface area contributed by atoms with E-state index >= 15 is 0 Å². The summed E-state index contributed by atoms with van der Waals surface area (Å²) in [5.41, 5.74) is 6.90. The number of amides is 2. The molecule has 1 aromatic carbocycles. The van der Waals surface area contributed by atoms with Gasteiger partial charge in [-0.2, -0.15) is 0 Å². The van der Waals surface area contributed by atoms with Crippen molar-refractivity contribution in [3.05, 3.63) is 45.8 Å². The molecule has 0 spiro atoms. The normalized spacial score (nSPS) is 14.4. The van der Waals surface area contributed by atoms with Crippen molar-refractivity contribution in [2.24, 2.45) is 5.73 Å². The lowest BCUT2D eigenvalue weighted by molar-refractivity contribution is 0.1000. The number of hydrogen-bond acceptors (Lipinski definition) is 6. The van der Waals surface area contributed by atoms with Crippen molar-refractivity contribution in [1.29, 1.82) is 0 Å². The summed E-state index contributed by atoms with van der Waals surface area (Å²) in [5, 5.41) is 3.13. The summed E-state index contributed by atoms with van der Waals surface area (Å²) in [7, 11) is -3.56. The fourth-order valence-corrected chi connectivity index (χ4v) is 5.95. The molecule has 0 bridgehead atoms. The molecule has 7 nitrogen and oxygen atoms in total. The second-order valence-corrected chi connectivity index (χ2v) is 10.3. The quantitative estimate of drug-likeness (QED) is 0.695. The monoisotopic (exact) mass is 435 g/mol. The highest BCUT2D eigenvalue weighted by atomic mass is 32.2. The molecule has 0 aliphatic carbocycles. The molecule has 2 amide bonds. The minimum atomic E-state index is -3.56. The van der Waals surface area contributed by atoms with E-state index in [0.717, 1.165) is 30.0 Å². The minimum absolute atomic E-state index is 0.0175. The SMILES string of the molecule is CCCN1CCc2c(sc(NC(=O)c3ccccc3S(=O)(=O)CC)c2C(N)=O)C1. The minimum Gasteiger partial charge on any atom is -0.365 e. The molecule has 3 N–H and O–H groups in total. The van der Waals surface area contributed by atoms with Crippen LogP contribution in [0.5, 0.6) is 0 Å². The lowest BCUT2D eigenvalue weighted by Gasteiger charge is -2.26. The van der Waals surface area contributed by atoms with Gasteiger partial charge in [-0.25, -0.2) is 8.42 Å². The molecule has 0 saturated carbocycles. The summed E-state index contributed by atoms with van der Waals surface area (Å²) in [6.45, 7) is 6.16. The number of benzene rings is 1. The molecule has 1 aromatic heterocycles. The van der Waals surface area contributed by atoms with E-state index in [2.05, 4.69) is 17.1 Å². The summed E-state index contributed by atoms with van der Waals surface area (Å²) in [6.07, 6.45) is 1.73. The van der Waals surface area contributed by atoms with Gasteiger partial charge in [0.05, 0.1) is 21.8 Å². The van der Waals surface area contributed by atoms with Crippen LogP contribution in [0.3, 0.4) is 0 Å². The predicted octanol–water partition coefficient (Wildman–Crippen LogP) is 2.66. The molecule has 3 rings (SSSR count). The zero-order chi connectivity index (χ0) is 21.2. The number of nitrogens with one attached hydrogen (secondary N) is 1. The maximum atomic E-state index is 12.9. The Kier molecular flexibility index (Phi) is 6.40. The molecule has 0 radical (unpaired) electrons. The van der Waals surface area contributed by atoms with Gasteiger partial charge in [0, 0.05) is 18.0 Å². The summed E-state index contributed by atoms with van der Waals surface area (Å²) in [5.74, 6) is -1.26. The third-order valence-electron chi connectivity index (χ3n) is 5.00. The first-order valence-corrected chi connectivity index (χ1v) is 12.0. The number of primary amides is 1. The molecular weight excluding hydrogens is 410 g/mol. The highest BCUT2D eigenvalue weighted by molar-refractivity contribution is 7.91.